The van der Waals surface area contributed by atoms with Crippen LogP contribution in [0.3, 0.4) is 0 Å². The SMILES string of the molecule is CCCN(CCCC(=O)O)c1ccc(Cl)cc1C. The van der Waals surface area contributed by atoms with Gasteiger partial charge < -0.3 is 10.0 Å². The van der Waals surface area contributed by atoms with Crippen molar-refractivity contribution in [2.24, 2.45) is 0 Å². The zero-order chi connectivity index (χ0) is 13.5. The summed E-state index contributed by atoms with van der Waals surface area (Å²) in [6.07, 6.45) is 1.92. The van der Waals surface area contributed by atoms with Gasteiger partial charge in [0.2, 0.25) is 0 Å². The minimum atomic E-state index is -0.737. The third-order valence-corrected chi connectivity index (χ3v) is 3.05. The highest BCUT2D eigenvalue weighted by Gasteiger charge is 2.09. The van der Waals surface area contributed by atoms with E-state index in [0.717, 1.165) is 35.8 Å². The van der Waals surface area contributed by atoms with Crippen molar-refractivity contribution in [2.45, 2.75) is 33.1 Å². The van der Waals surface area contributed by atoms with E-state index in [4.69, 9.17) is 16.7 Å². The number of rotatable bonds is 7. The van der Waals surface area contributed by atoms with Crippen molar-refractivity contribution in [2.75, 3.05) is 18.0 Å². The number of anilines is 1. The van der Waals surface area contributed by atoms with Gasteiger partial charge in [-0.3, -0.25) is 4.79 Å². The molecule has 0 fully saturated rings. The van der Waals surface area contributed by atoms with Crippen LogP contribution in [0.15, 0.2) is 18.2 Å². The van der Waals surface area contributed by atoms with Crippen LogP contribution < -0.4 is 4.90 Å². The van der Waals surface area contributed by atoms with E-state index in [1.807, 2.05) is 25.1 Å². The van der Waals surface area contributed by atoms with E-state index in [9.17, 15) is 4.79 Å². The van der Waals surface area contributed by atoms with Crippen molar-refractivity contribution >= 4 is 23.3 Å². The molecule has 1 N–H and O–H groups in total. The maximum Gasteiger partial charge on any atom is 0.303 e. The largest absolute Gasteiger partial charge is 0.481 e. The Morgan fingerprint density at radius 2 is 2.11 bits per heavy atom. The lowest BCUT2D eigenvalue weighted by Gasteiger charge is -2.26. The maximum atomic E-state index is 10.6. The second-order valence-electron chi connectivity index (χ2n) is 4.42. The molecule has 0 saturated heterocycles. The predicted molar refractivity (Wildman–Crippen MR) is 75.6 cm³/mol. The van der Waals surface area contributed by atoms with E-state index in [0.29, 0.717) is 6.42 Å². The molecule has 1 aromatic rings. The summed E-state index contributed by atoms with van der Waals surface area (Å²) in [5.41, 5.74) is 2.28. The van der Waals surface area contributed by atoms with E-state index in [1.165, 1.54) is 0 Å². The van der Waals surface area contributed by atoms with Crippen molar-refractivity contribution in [1.29, 1.82) is 0 Å². The van der Waals surface area contributed by atoms with Crippen LogP contribution in [0.5, 0.6) is 0 Å². The average Bonchev–Trinajstić information content (AvgIpc) is 2.28. The summed E-state index contributed by atoms with van der Waals surface area (Å²) in [5, 5.41) is 9.42. The smallest absolute Gasteiger partial charge is 0.303 e. The Balaban J connectivity index is 2.73. The molecule has 0 saturated carbocycles. The van der Waals surface area contributed by atoms with Crippen molar-refractivity contribution in [3.8, 4) is 0 Å². The number of hydrogen-bond acceptors (Lipinski definition) is 2. The van der Waals surface area contributed by atoms with Crippen LogP contribution in [0.25, 0.3) is 0 Å². The van der Waals surface area contributed by atoms with E-state index >= 15 is 0 Å². The summed E-state index contributed by atoms with van der Waals surface area (Å²) in [7, 11) is 0. The summed E-state index contributed by atoms with van der Waals surface area (Å²) in [4.78, 5) is 12.8. The van der Waals surface area contributed by atoms with Crippen molar-refractivity contribution in [3.05, 3.63) is 28.8 Å². The third-order valence-electron chi connectivity index (χ3n) is 2.81. The van der Waals surface area contributed by atoms with Crippen molar-refractivity contribution < 1.29 is 9.90 Å². The molecule has 0 radical (unpaired) electrons. The van der Waals surface area contributed by atoms with E-state index in [-0.39, 0.29) is 6.42 Å². The minimum absolute atomic E-state index is 0.215. The quantitative estimate of drug-likeness (QED) is 0.820. The van der Waals surface area contributed by atoms with Gasteiger partial charge in [-0.2, -0.15) is 0 Å². The first-order valence-electron chi connectivity index (χ1n) is 6.27. The Morgan fingerprint density at radius 3 is 2.67 bits per heavy atom. The summed E-state index contributed by atoms with van der Waals surface area (Å²) in [5.74, 6) is -0.737. The highest BCUT2D eigenvalue weighted by atomic mass is 35.5. The molecule has 3 nitrogen and oxygen atoms in total. The number of carboxylic acids is 1. The Hall–Kier alpha value is -1.22. The number of carbonyl (C=O) groups is 1. The Labute approximate surface area is 113 Å². The molecule has 4 heteroatoms. The van der Waals surface area contributed by atoms with E-state index in [1.54, 1.807) is 0 Å². The van der Waals surface area contributed by atoms with Crippen LogP contribution in [0.2, 0.25) is 5.02 Å². The lowest BCUT2D eigenvalue weighted by atomic mass is 10.1. The maximum absolute atomic E-state index is 10.6. The first-order chi connectivity index (χ1) is 8.54. The molecule has 0 aliphatic rings. The molecule has 0 aliphatic carbocycles. The first-order valence-corrected chi connectivity index (χ1v) is 6.65. The number of hydrogen-bond donors (Lipinski definition) is 1. The standard InChI is InChI=1S/C14H20ClNO2/c1-3-8-16(9-4-5-14(17)18)13-7-6-12(15)10-11(13)2/h6-7,10H,3-5,8-9H2,1-2H3,(H,17,18). The summed E-state index contributed by atoms with van der Waals surface area (Å²) < 4.78 is 0. The van der Waals surface area contributed by atoms with Gasteiger partial charge in [0.05, 0.1) is 0 Å². The highest BCUT2D eigenvalue weighted by molar-refractivity contribution is 6.30. The van der Waals surface area contributed by atoms with E-state index < -0.39 is 5.97 Å². The average molecular weight is 270 g/mol. The molecule has 0 spiro atoms. The lowest BCUT2D eigenvalue weighted by molar-refractivity contribution is -0.137. The molecule has 0 amide bonds. The summed E-state index contributed by atoms with van der Waals surface area (Å²) in [6, 6.07) is 5.83. The van der Waals surface area contributed by atoms with Gasteiger partial charge in [-0.05, 0) is 43.5 Å². The molecular formula is C14H20ClNO2. The molecule has 0 aromatic heterocycles. The fraction of sp³-hybridized carbons (Fsp3) is 0.500. The van der Waals surface area contributed by atoms with Crippen LogP contribution in [-0.4, -0.2) is 24.2 Å². The van der Waals surface area contributed by atoms with Gasteiger partial charge in [-0.1, -0.05) is 18.5 Å². The fourth-order valence-corrected chi connectivity index (χ4v) is 2.24. The molecule has 0 heterocycles. The fourth-order valence-electron chi connectivity index (χ4n) is 2.02. The molecule has 18 heavy (non-hydrogen) atoms. The number of carboxylic acid groups (broad SMARTS) is 1. The molecule has 0 unspecified atom stereocenters. The second kappa shape index (κ2) is 7.27. The number of halogens is 1. The van der Waals surface area contributed by atoms with Crippen LogP contribution in [-0.2, 0) is 4.79 Å². The molecule has 100 valence electrons. The predicted octanol–water partition coefficient (Wildman–Crippen LogP) is 3.73. The van der Waals surface area contributed by atoms with Gasteiger partial charge in [0.1, 0.15) is 0 Å². The molecule has 0 aliphatic heterocycles. The van der Waals surface area contributed by atoms with Crippen LogP contribution in [0.1, 0.15) is 31.7 Å². The zero-order valence-corrected chi connectivity index (χ0v) is 11.7. The normalized spacial score (nSPS) is 10.4. The number of aliphatic carboxylic acids is 1. The zero-order valence-electron chi connectivity index (χ0n) is 10.9. The summed E-state index contributed by atoms with van der Waals surface area (Å²) >= 11 is 5.95. The topological polar surface area (TPSA) is 40.5 Å². The van der Waals surface area contributed by atoms with Gasteiger partial charge in [0, 0.05) is 30.2 Å². The molecule has 1 aromatic carbocycles. The van der Waals surface area contributed by atoms with Crippen LogP contribution in [0, 0.1) is 6.92 Å². The Kier molecular flexibility index (Phi) is 5.99. The number of benzene rings is 1. The van der Waals surface area contributed by atoms with Crippen molar-refractivity contribution in [3.63, 3.8) is 0 Å². The van der Waals surface area contributed by atoms with Gasteiger partial charge >= 0.3 is 5.97 Å². The molecule has 1 rings (SSSR count). The van der Waals surface area contributed by atoms with Crippen LogP contribution >= 0.6 is 11.6 Å². The molecular weight excluding hydrogens is 250 g/mol. The highest BCUT2D eigenvalue weighted by Crippen LogP contribution is 2.24. The monoisotopic (exact) mass is 269 g/mol. The van der Waals surface area contributed by atoms with Gasteiger partial charge in [0.25, 0.3) is 0 Å². The minimum Gasteiger partial charge on any atom is -0.481 e. The number of aryl methyl sites for hydroxylation is 1. The van der Waals surface area contributed by atoms with Gasteiger partial charge in [0.15, 0.2) is 0 Å². The summed E-state index contributed by atoms with van der Waals surface area (Å²) in [6.45, 7) is 5.85. The van der Waals surface area contributed by atoms with Gasteiger partial charge in [-0.25, -0.2) is 0 Å². The van der Waals surface area contributed by atoms with E-state index in [2.05, 4.69) is 11.8 Å². The lowest BCUT2D eigenvalue weighted by Crippen LogP contribution is -2.26. The Bertz CT molecular complexity index is 407. The van der Waals surface area contributed by atoms with Gasteiger partial charge in [-0.15, -0.1) is 0 Å². The molecule has 0 atom stereocenters. The molecule has 0 bridgehead atoms. The Morgan fingerprint density at radius 1 is 1.39 bits per heavy atom. The van der Waals surface area contributed by atoms with Crippen molar-refractivity contribution in [1.82, 2.24) is 0 Å². The van der Waals surface area contributed by atoms with Crippen LogP contribution in [0.4, 0.5) is 5.69 Å². The third kappa shape index (κ3) is 4.57. The first kappa shape index (κ1) is 14.8. The second-order valence-corrected chi connectivity index (χ2v) is 4.85. The number of nitrogens with zero attached hydrogens (tertiary/aromatic N) is 1.